The second kappa shape index (κ2) is 11.4. The number of nitrogens with one attached hydrogen (secondary N) is 3. The minimum absolute atomic E-state index is 0.0350. The van der Waals surface area contributed by atoms with Crippen molar-refractivity contribution in [1.29, 1.82) is 0 Å². The number of carbonyl (C=O) groups is 2. The summed E-state index contributed by atoms with van der Waals surface area (Å²) in [6, 6.07) is -0.992. The Morgan fingerprint density at radius 1 is 1.06 bits per heavy atom. The highest BCUT2D eigenvalue weighted by atomic mass is 35.5. The average molecular weight is 511 g/mol. The van der Waals surface area contributed by atoms with Gasteiger partial charge in [0.1, 0.15) is 23.1 Å². The molecule has 0 radical (unpaired) electrons. The fraction of sp³-hybridized carbons (Fsp3) is 0.700. The van der Waals surface area contributed by atoms with Crippen molar-refractivity contribution < 1.29 is 22.8 Å². The Bertz CT molecular complexity index is 845. The minimum Gasteiger partial charge on any atom is -0.365 e. The van der Waals surface area contributed by atoms with E-state index in [0.29, 0.717) is 32.4 Å². The number of hydrogen-bond donors (Lipinski definition) is 3. The molecule has 13 heteroatoms. The number of alkyl halides is 5. The summed E-state index contributed by atoms with van der Waals surface area (Å²) in [4.78, 5) is 33.2. The van der Waals surface area contributed by atoms with Crippen molar-refractivity contribution in [2.75, 3.05) is 35.5 Å². The van der Waals surface area contributed by atoms with Crippen LogP contribution in [0.4, 0.5) is 24.9 Å². The molecule has 8 nitrogen and oxygen atoms in total. The van der Waals surface area contributed by atoms with Gasteiger partial charge >= 0.3 is 6.18 Å². The summed E-state index contributed by atoms with van der Waals surface area (Å²) in [5.41, 5.74) is -0.983. The Morgan fingerprint density at radius 3 is 2.45 bits per heavy atom. The number of rotatable bonds is 7. The Hall–Kier alpha value is -2.01. The van der Waals surface area contributed by atoms with Gasteiger partial charge < -0.3 is 20.9 Å². The number of halogens is 5. The van der Waals surface area contributed by atoms with Gasteiger partial charge in [-0.1, -0.05) is 12.8 Å². The molecule has 0 bridgehead atoms. The third kappa shape index (κ3) is 6.99. The van der Waals surface area contributed by atoms with Crippen LogP contribution in [-0.4, -0.2) is 69.7 Å². The zero-order valence-electron chi connectivity index (χ0n) is 17.9. The van der Waals surface area contributed by atoms with Gasteiger partial charge in [0, 0.05) is 37.4 Å². The molecule has 2 unspecified atom stereocenters. The van der Waals surface area contributed by atoms with Crippen molar-refractivity contribution in [2.45, 2.75) is 62.8 Å². The highest BCUT2D eigenvalue weighted by Crippen LogP contribution is 2.35. The largest absolute Gasteiger partial charge is 0.421 e. The molecule has 1 saturated carbocycles. The lowest BCUT2D eigenvalue weighted by Crippen LogP contribution is -2.49. The van der Waals surface area contributed by atoms with Gasteiger partial charge in [-0.05, 0) is 25.7 Å². The van der Waals surface area contributed by atoms with Crippen LogP contribution in [0.15, 0.2) is 6.20 Å². The van der Waals surface area contributed by atoms with E-state index in [1.807, 2.05) is 0 Å². The lowest BCUT2D eigenvalue weighted by Gasteiger charge is -2.34. The van der Waals surface area contributed by atoms with Crippen LogP contribution in [0.1, 0.15) is 44.1 Å². The van der Waals surface area contributed by atoms with E-state index in [-0.39, 0.29) is 47.4 Å². The Labute approximate surface area is 200 Å². The summed E-state index contributed by atoms with van der Waals surface area (Å²) in [7, 11) is 0. The second-order valence-electron chi connectivity index (χ2n) is 8.25. The zero-order valence-corrected chi connectivity index (χ0v) is 19.4. The van der Waals surface area contributed by atoms with Crippen LogP contribution in [0.2, 0.25) is 0 Å². The predicted octanol–water partition coefficient (Wildman–Crippen LogP) is 3.22. The van der Waals surface area contributed by atoms with Crippen LogP contribution in [0, 0.1) is 0 Å². The van der Waals surface area contributed by atoms with Gasteiger partial charge in [0.2, 0.25) is 17.8 Å². The number of piperidine rings is 1. The zero-order chi connectivity index (χ0) is 24.0. The maximum atomic E-state index is 13.6. The first-order chi connectivity index (χ1) is 15.7. The molecule has 2 heterocycles. The Kier molecular flexibility index (Phi) is 8.86. The van der Waals surface area contributed by atoms with Crippen molar-refractivity contribution in [1.82, 2.24) is 20.2 Å². The number of aromatic nitrogens is 2. The summed E-state index contributed by atoms with van der Waals surface area (Å²) in [6.45, 7) is 0.954. The fourth-order valence-electron chi connectivity index (χ4n) is 4.25. The second-order valence-corrected chi connectivity index (χ2v) is 8.79. The van der Waals surface area contributed by atoms with E-state index < -0.39 is 17.8 Å². The van der Waals surface area contributed by atoms with Crippen molar-refractivity contribution in [3.8, 4) is 0 Å². The van der Waals surface area contributed by atoms with E-state index in [1.165, 1.54) is 0 Å². The number of anilines is 2. The van der Waals surface area contributed by atoms with Gasteiger partial charge in [0.05, 0.1) is 0 Å². The highest BCUT2D eigenvalue weighted by molar-refractivity contribution is 6.27. The normalized spacial score (nSPS) is 23.7. The van der Waals surface area contributed by atoms with Crippen molar-refractivity contribution in [3.63, 3.8) is 0 Å². The van der Waals surface area contributed by atoms with Crippen molar-refractivity contribution >= 4 is 46.8 Å². The summed E-state index contributed by atoms with van der Waals surface area (Å²) in [5.74, 6) is -1.22. The topological polar surface area (TPSA) is 99.2 Å². The lowest BCUT2D eigenvalue weighted by atomic mass is 9.90. The molecule has 3 N–H and O–H groups in total. The third-order valence-corrected chi connectivity index (χ3v) is 6.34. The van der Waals surface area contributed by atoms with E-state index in [1.54, 1.807) is 4.90 Å². The molecular weight excluding hydrogens is 484 g/mol. The van der Waals surface area contributed by atoms with Crippen LogP contribution in [-0.2, 0) is 15.8 Å². The molecule has 2 amide bonds. The lowest BCUT2D eigenvalue weighted by molar-refractivity contribution is -0.137. The maximum absolute atomic E-state index is 13.6. The molecule has 33 heavy (non-hydrogen) atoms. The first kappa shape index (κ1) is 25.6. The van der Waals surface area contributed by atoms with Crippen LogP contribution < -0.4 is 16.0 Å². The SMILES string of the molecule is O=C(CCl)NC1CCCCC1Nc1nc(N[C@H]2CCCN(C(=O)CCl)C2)ncc1C(F)(F)F. The van der Waals surface area contributed by atoms with E-state index in [9.17, 15) is 22.8 Å². The molecular formula is C20H27Cl2F3N6O2. The molecule has 3 atom stereocenters. The summed E-state index contributed by atoms with van der Waals surface area (Å²) in [6.07, 6.45) is 0.419. The van der Waals surface area contributed by atoms with Crippen LogP contribution >= 0.6 is 23.2 Å². The summed E-state index contributed by atoms with van der Waals surface area (Å²) in [5, 5.41) is 8.72. The van der Waals surface area contributed by atoms with Gasteiger partial charge in [-0.25, -0.2) is 4.98 Å². The number of carbonyl (C=O) groups excluding carboxylic acids is 2. The van der Waals surface area contributed by atoms with Gasteiger partial charge in [-0.15, -0.1) is 23.2 Å². The third-order valence-electron chi connectivity index (χ3n) is 5.87. The molecule has 2 aliphatic rings. The fourth-order valence-corrected chi connectivity index (χ4v) is 4.50. The Morgan fingerprint density at radius 2 is 1.79 bits per heavy atom. The molecule has 3 rings (SSSR count). The van der Waals surface area contributed by atoms with Gasteiger partial charge in [-0.2, -0.15) is 18.2 Å². The van der Waals surface area contributed by atoms with E-state index in [2.05, 4.69) is 25.9 Å². The summed E-state index contributed by atoms with van der Waals surface area (Å²) >= 11 is 11.2. The molecule has 1 aliphatic carbocycles. The maximum Gasteiger partial charge on any atom is 0.421 e. The van der Waals surface area contributed by atoms with Crippen molar-refractivity contribution in [3.05, 3.63) is 11.8 Å². The van der Waals surface area contributed by atoms with E-state index >= 15 is 0 Å². The molecule has 1 aliphatic heterocycles. The highest BCUT2D eigenvalue weighted by Gasteiger charge is 2.37. The average Bonchev–Trinajstić information content (AvgIpc) is 2.79. The predicted molar refractivity (Wildman–Crippen MR) is 120 cm³/mol. The van der Waals surface area contributed by atoms with Gasteiger partial charge in [0.15, 0.2) is 0 Å². The quantitative estimate of drug-likeness (QED) is 0.487. The number of nitrogens with zero attached hydrogens (tertiary/aromatic N) is 3. The van der Waals surface area contributed by atoms with Crippen LogP contribution in [0.3, 0.4) is 0 Å². The number of amides is 2. The monoisotopic (exact) mass is 510 g/mol. The molecule has 184 valence electrons. The van der Waals surface area contributed by atoms with Crippen LogP contribution in [0.5, 0.6) is 0 Å². The van der Waals surface area contributed by atoms with E-state index in [4.69, 9.17) is 23.2 Å². The molecule has 1 aromatic heterocycles. The molecule has 0 spiro atoms. The molecule has 1 aromatic rings. The van der Waals surface area contributed by atoms with Crippen molar-refractivity contribution in [2.24, 2.45) is 0 Å². The first-order valence-electron chi connectivity index (χ1n) is 10.9. The van der Waals surface area contributed by atoms with Gasteiger partial charge in [0.25, 0.3) is 0 Å². The number of hydrogen-bond acceptors (Lipinski definition) is 6. The molecule has 0 aromatic carbocycles. The van der Waals surface area contributed by atoms with Gasteiger partial charge in [-0.3, -0.25) is 9.59 Å². The molecule has 1 saturated heterocycles. The van der Waals surface area contributed by atoms with Crippen LogP contribution in [0.25, 0.3) is 0 Å². The number of likely N-dealkylation sites (tertiary alicyclic amines) is 1. The summed E-state index contributed by atoms with van der Waals surface area (Å²) < 4.78 is 40.9. The van der Waals surface area contributed by atoms with E-state index in [0.717, 1.165) is 25.5 Å². The smallest absolute Gasteiger partial charge is 0.365 e. The molecule has 2 fully saturated rings. The minimum atomic E-state index is -4.65. The standard InChI is InChI=1S/C20H27Cl2F3N6O2/c21-8-16(32)28-14-5-1-2-6-15(14)29-18-13(20(23,24)25)10-26-19(30-18)27-12-4-3-7-31(11-12)17(33)9-22/h10,12,14-15H,1-9,11H2,(H,28,32)(H2,26,27,29,30)/t12-,14?,15?/m0/s1. The Balaban J connectivity index is 1.78. The first-order valence-corrected chi connectivity index (χ1v) is 11.9.